The summed E-state index contributed by atoms with van der Waals surface area (Å²) in [6.07, 6.45) is 6.62. The van der Waals surface area contributed by atoms with E-state index in [1.54, 1.807) is 0 Å². The van der Waals surface area contributed by atoms with Crippen molar-refractivity contribution in [3.63, 3.8) is 0 Å². The largest absolute Gasteiger partial charge is 0.356 e. The Balaban J connectivity index is 0.00000272. The summed E-state index contributed by atoms with van der Waals surface area (Å²) in [5.41, 5.74) is 1.45. The van der Waals surface area contributed by atoms with Crippen molar-refractivity contribution in [3.05, 3.63) is 35.9 Å². The van der Waals surface area contributed by atoms with Gasteiger partial charge in [0.05, 0.1) is 0 Å². The predicted octanol–water partition coefficient (Wildman–Crippen LogP) is 3.90. The van der Waals surface area contributed by atoms with Gasteiger partial charge in [-0.05, 0) is 69.1 Å². The van der Waals surface area contributed by atoms with Gasteiger partial charge in [0, 0.05) is 45.8 Å². The molecular formula is C25H42IN5. The Morgan fingerprint density at radius 1 is 1.03 bits per heavy atom. The van der Waals surface area contributed by atoms with Gasteiger partial charge >= 0.3 is 0 Å². The molecule has 0 bridgehead atoms. The third kappa shape index (κ3) is 6.57. The van der Waals surface area contributed by atoms with E-state index in [4.69, 9.17) is 0 Å². The van der Waals surface area contributed by atoms with Crippen LogP contribution < -0.4 is 5.32 Å². The maximum absolute atomic E-state index is 4.66. The summed E-state index contributed by atoms with van der Waals surface area (Å²) in [7, 11) is 1.95. The molecule has 3 aliphatic rings. The van der Waals surface area contributed by atoms with Crippen molar-refractivity contribution in [2.75, 3.05) is 52.9 Å². The molecule has 3 heterocycles. The van der Waals surface area contributed by atoms with E-state index in [1.165, 1.54) is 63.8 Å². The van der Waals surface area contributed by atoms with Gasteiger partial charge in [-0.2, -0.15) is 0 Å². The predicted molar refractivity (Wildman–Crippen MR) is 141 cm³/mol. The van der Waals surface area contributed by atoms with Gasteiger partial charge in [0.2, 0.25) is 0 Å². The number of likely N-dealkylation sites (tertiary alicyclic amines) is 3. The van der Waals surface area contributed by atoms with E-state index in [1.807, 2.05) is 7.05 Å². The Labute approximate surface area is 206 Å². The van der Waals surface area contributed by atoms with E-state index in [2.05, 4.69) is 62.3 Å². The first kappa shape index (κ1) is 24.8. The van der Waals surface area contributed by atoms with Crippen LogP contribution in [0.1, 0.15) is 44.6 Å². The second kappa shape index (κ2) is 12.4. The van der Waals surface area contributed by atoms with Crippen LogP contribution in [0.5, 0.6) is 0 Å². The number of guanidine groups is 1. The molecule has 0 spiro atoms. The highest BCUT2D eigenvalue weighted by molar-refractivity contribution is 14.0. The minimum atomic E-state index is 0. The lowest BCUT2D eigenvalue weighted by Crippen LogP contribution is -2.57. The fourth-order valence-corrected chi connectivity index (χ4v) is 5.89. The zero-order valence-corrected chi connectivity index (χ0v) is 21.8. The summed E-state index contributed by atoms with van der Waals surface area (Å²) >= 11 is 0. The number of hydrogen-bond acceptors (Lipinski definition) is 3. The molecule has 0 amide bonds. The molecule has 4 rings (SSSR count). The van der Waals surface area contributed by atoms with Crippen molar-refractivity contribution in [1.82, 2.24) is 20.0 Å². The van der Waals surface area contributed by atoms with Crippen LogP contribution in [-0.4, -0.2) is 79.6 Å². The van der Waals surface area contributed by atoms with Crippen molar-refractivity contribution in [1.29, 1.82) is 0 Å². The molecule has 3 saturated heterocycles. The average molecular weight is 540 g/mol. The highest BCUT2D eigenvalue weighted by atomic mass is 127. The van der Waals surface area contributed by atoms with E-state index in [9.17, 15) is 0 Å². The number of hydrogen-bond donors (Lipinski definition) is 1. The van der Waals surface area contributed by atoms with Crippen molar-refractivity contribution >= 4 is 29.9 Å². The minimum Gasteiger partial charge on any atom is -0.356 e. The van der Waals surface area contributed by atoms with Gasteiger partial charge in [-0.25, -0.2) is 0 Å². The number of rotatable bonds is 5. The molecule has 3 atom stereocenters. The van der Waals surface area contributed by atoms with Gasteiger partial charge in [0.25, 0.3) is 0 Å². The number of nitrogens with one attached hydrogen (secondary N) is 1. The second-order valence-electron chi connectivity index (χ2n) is 9.49. The highest BCUT2D eigenvalue weighted by Gasteiger charge is 2.36. The first-order chi connectivity index (χ1) is 14.8. The molecule has 6 heteroatoms. The van der Waals surface area contributed by atoms with E-state index < -0.39 is 0 Å². The first-order valence-corrected chi connectivity index (χ1v) is 12.2. The van der Waals surface area contributed by atoms with Crippen LogP contribution in [0.3, 0.4) is 0 Å². The monoisotopic (exact) mass is 539 g/mol. The number of piperidine rings is 3. The maximum atomic E-state index is 4.66. The van der Waals surface area contributed by atoms with Crippen LogP contribution in [0.4, 0.5) is 0 Å². The van der Waals surface area contributed by atoms with Gasteiger partial charge in [0.1, 0.15) is 0 Å². The Hall–Kier alpha value is -0.860. The van der Waals surface area contributed by atoms with E-state index >= 15 is 0 Å². The number of fused-ring (bicyclic) bond motifs is 1. The summed E-state index contributed by atoms with van der Waals surface area (Å²) in [6.45, 7) is 11.7. The molecule has 0 aliphatic carbocycles. The molecule has 3 fully saturated rings. The van der Waals surface area contributed by atoms with Crippen LogP contribution in [0, 0.1) is 11.8 Å². The quantitative estimate of drug-likeness (QED) is 0.350. The molecule has 31 heavy (non-hydrogen) atoms. The van der Waals surface area contributed by atoms with Crippen LogP contribution in [0.15, 0.2) is 35.3 Å². The molecule has 0 aromatic heterocycles. The lowest BCUT2D eigenvalue weighted by Gasteiger charge is -2.48. The second-order valence-corrected chi connectivity index (χ2v) is 9.49. The van der Waals surface area contributed by atoms with Gasteiger partial charge in [-0.3, -0.25) is 9.89 Å². The van der Waals surface area contributed by atoms with Crippen LogP contribution >= 0.6 is 24.0 Å². The standard InChI is InChI=1S/C25H41N5.HI/c1-3-28-14-7-11-22(18-28)17-27-25(26-2)30-16-13-24-23(20-30)12-8-15-29(24)19-21-9-5-4-6-10-21;/h4-6,9-10,22-24H,3,7-8,11-20H2,1-2H3,(H,26,27);1H. The summed E-state index contributed by atoms with van der Waals surface area (Å²) in [5.74, 6) is 2.64. The van der Waals surface area contributed by atoms with Crippen molar-refractivity contribution in [2.24, 2.45) is 16.8 Å². The zero-order chi connectivity index (χ0) is 20.8. The molecule has 1 aromatic rings. The number of aliphatic imine (C=N–C) groups is 1. The molecule has 1 aromatic carbocycles. The molecule has 1 N–H and O–H groups in total. The van der Waals surface area contributed by atoms with E-state index in [0.717, 1.165) is 50.0 Å². The number of benzene rings is 1. The van der Waals surface area contributed by atoms with Gasteiger partial charge in [-0.1, -0.05) is 37.3 Å². The van der Waals surface area contributed by atoms with Crippen LogP contribution in [0.2, 0.25) is 0 Å². The minimum absolute atomic E-state index is 0. The van der Waals surface area contributed by atoms with Crippen molar-refractivity contribution in [2.45, 2.75) is 51.6 Å². The highest BCUT2D eigenvalue weighted by Crippen LogP contribution is 2.31. The smallest absolute Gasteiger partial charge is 0.193 e. The summed E-state index contributed by atoms with van der Waals surface area (Å²) < 4.78 is 0. The summed E-state index contributed by atoms with van der Waals surface area (Å²) in [4.78, 5) is 12.5. The Morgan fingerprint density at radius 2 is 1.84 bits per heavy atom. The van der Waals surface area contributed by atoms with E-state index in [0.29, 0.717) is 0 Å². The fraction of sp³-hybridized carbons (Fsp3) is 0.720. The van der Waals surface area contributed by atoms with Crippen molar-refractivity contribution < 1.29 is 0 Å². The number of nitrogens with zero attached hydrogens (tertiary/aromatic N) is 4. The third-order valence-electron chi connectivity index (χ3n) is 7.52. The van der Waals surface area contributed by atoms with Gasteiger partial charge < -0.3 is 15.1 Å². The van der Waals surface area contributed by atoms with Gasteiger partial charge in [0.15, 0.2) is 5.96 Å². The van der Waals surface area contributed by atoms with Crippen LogP contribution in [0.25, 0.3) is 0 Å². The lowest BCUT2D eigenvalue weighted by atomic mass is 9.83. The van der Waals surface area contributed by atoms with Gasteiger partial charge in [-0.15, -0.1) is 24.0 Å². The molecule has 0 saturated carbocycles. The molecule has 3 unspecified atom stereocenters. The average Bonchev–Trinajstić information content (AvgIpc) is 2.80. The molecule has 174 valence electrons. The van der Waals surface area contributed by atoms with Crippen molar-refractivity contribution in [3.8, 4) is 0 Å². The van der Waals surface area contributed by atoms with Crippen LogP contribution in [-0.2, 0) is 6.54 Å². The first-order valence-electron chi connectivity index (χ1n) is 12.2. The zero-order valence-electron chi connectivity index (χ0n) is 19.5. The lowest BCUT2D eigenvalue weighted by molar-refractivity contribution is 0.0371. The SMILES string of the molecule is CCN1CCCC(CNC(=NC)N2CCC3C(CCCN3Cc3ccccc3)C2)C1.I. The summed E-state index contributed by atoms with van der Waals surface area (Å²) in [5, 5.41) is 3.74. The normalized spacial score (nSPS) is 28.0. The fourth-order valence-electron chi connectivity index (χ4n) is 5.89. The summed E-state index contributed by atoms with van der Waals surface area (Å²) in [6, 6.07) is 11.7. The third-order valence-corrected chi connectivity index (χ3v) is 7.52. The maximum Gasteiger partial charge on any atom is 0.193 e. The van der Waals surface area contributed by atoms with E-state index in [-0.39, 0.29) is 24.0 Å². The molecule has 5 nitrogen and oxygen atoms in total. The topological polar surface area (TPSA) is 34.1 Å². The molecule has 0 radical (unpaired) electrons. The molecular weight excluding hydrogens is 497 g/mol. The Bertz CT molecular complexity index is 682. The Kier molecular flexibility index (Phi) is 9.91. The Morgan fingerprint density at radius 3 is 2.61 bits per heavy atom. The molecule has 3 aliphatic heterocycles. The number of halogens is 1.